The van der Waals surface area contributed by atoms with Crippen LogP contribution in [0.5, 0.6) is 11.5 Å². The molecule has 1 rings (SSSR count). The van der Waals surface area contributed by atoms with Crippen LogP contribution in [0.15, 0.2) is 18.2 Å². The Balaban J connectivity index is 2.57. The maximum absolute atomic E-state index is 11.4. The van der Waals surface area contributed by atoms with E-state index in [-0.39, 0.29) is 6.61 Å². The number of hydrogen-bond donors (Lipinski definition) is 2. The molecule has 0 fully saturated rings. The van der Waals surface area contributed by atoms with Gasteiger partial charge in [0.2, 0.25) is 0 Å². The Kier molecular flexibility index (Phi) is 5.64. The average molecular weight is 283 g/mol. The van der Waals surface area contributed by atoms with Crippen molar-refractivity contribution in [2.75, 3.05) is 14.2 Å². The van der Waals surface area contributed by atoms with Crippen molar-refractivity contribution in [3.05, 3.63) is 23.8 Å². The SMILES string of the molecule is COc1ccc(COC(=O)NC(C)C(=O)O)cc1OC. The molecular weight excluding hydrogens is 266 g/mol. The third-order valence-corrected chi connectivity index (χ3v) is 2.52. The minimum atomic E-state index is -1.13. The van der Waals surface area contributed by atoms with Crippen molar-refractivity contribution in [2.24, 2.45) is 0 Å². The molecule has 0 aliphatic rings. The number of ether oxygens (including phenoxy) is 3. The molecule has 1 amide bonds. The summed E-state index contributed by atoms with van der Waals surface area (Å²) in [7, 11) is 3.03. The van der Waals surface area contributed by atoms with Gasteiger partial charge in [-0.25, -0.2) is 4.79 Å². The van der Waals surface area contributed by atoms with Crippen LogP contribution in [0.1, 0.15) is 12.5 Å². The maximum Gasteiger partial charge on any atom is 0.408 e. The Morgan fingerprint density at radius 1 is 1.25 bits per heavy atom. The molecule has 1 unspecified atom stereocenters. The molecule has 0 saturated carbocycles. The van der Waals surface area contributed by atoms with Gasteiger partial charge in [-0.1, -0.05) is 6.07 Å². The number of rotatable bonds is 6. The molecule has 0 heterocycles. The molecular formula is C13H17NO6. The standard InChI is InChI=1S/C13H17NO6/c1-8(12(15)16)14-13(17)20-7-9-4-5-10(18-2)11(6-9)19-3/h4-6,8H,7H2,1-3H3,(H,14,17)(H,15,16). The molecule has 1 aromatic carbocycles. The molecule has 1 atom stereocenters. The molecule has 0 spiro atoms. The van der Waals surface area contributed by atoms with Crippen LogP contribution in [-0.2, 0) is 16.1 Å². The number of carboxylic acid groups (broad SMARTS) is 1. The largest absolute Gasteiger partial charge is 0.493 e. The van der Waals surface area contributed by atoms with Gasteiger partial charge in [-0.05, 0) is 24.6 Å². The minimum Gasteiger partial charge on any atom is -0.493 e. The van der Waals surface area contributed by atoms with Crippen LogP contribution in [0.25, 0.3) is 0 Å². The fourth-order valence-corrected chi connectivity index (χ4v) is 1.40. The third kappa shape index (κ3) is 4.34. The molecule has 0 aliphatic heterocycles. The van der Waals surface area contributed by atoms with E-state index in [1.807, 2.05) is 0 Å². The lowest BCUT2D eigenvalue weighted by Crippen LogP contribution is -2.38. The van der Waals surface area contributed by atoms with Gasteiger partial charge in [0.25, 0.3) is 0 Å². The molecule has 1 aromatic rings. The molecule has 20 heavy (non-hydrogen) atoms. The third-order valence-electron chi connectivity index (χ3n) is 2.52. The normalized spacial score (nSPS) is 11.3. The Bertz CT molecular complexity index is 488. The van der Waals surface area contributed by atoms with Gasteiger partial charge >= 0.3 is 12.1 Å². The highest BCUT2D eigenvalue weighted by Crippen LogP contribution is 2.27. The van der Waals surface area contributed by atoms with E-state index >= 15 is 0 Å². The Morgan fingerprint density at radius 3 is 2.45 bits per heavy atom. The summed E-state index contributed by atoms with van der Waals surface area (Å²) < 4.78 is 15.1. The number of nitrogens with one attached hydrogen (secondary N) is 1. The van der Waals surface area contributed by atoms with E-state index in [1.54, 1.807) is 18.2 Å². The number of benzene rings is 1. The molecule has 110 valence electrons. The molecule has 0 bridgehead atoms. The van der Waals surface area contributed by atoms with Crippen LogP contribution >= 0.6 is 0 Å². The fourth-order valence-electron chi connectivity index (χ4n) is 1.40. The Hall–Kier alpha value is -2.44. The first-order valence-corrected chi connectivity index (χ1v) is 5.85. The van der Waals surface area contributed by atoms with Crippen molar-refractivity contribution >= 4 is 12.1 Å². The van der Waals surface area contributed by atoms with Gasteiger partial charge in [-0.15, -0.1) is 0 Å². The second-order valence-electron chi connectivity index (χ2n) is 3.97. The van der Waals surface area contributed by atoms with E-state index in [4.69, 9.17) is 19.3 Å². The summed E-state index contributed by atoms with van der Waals surface area (Å²) in [5, 5.41) is 10.8. The van der Waals surface area contributed by atoms with Gasteiger partial charge in [0, 0.05) is 0 Å². The van der Waals surface area contributed by atoms with Crippen LogP contribution in [0.3, 0.4) is 0 Å². The monoisotopic (exact) mass is 283 g/mol. The quantitative estimate of drug-likeness (QED) is 0.819. The minimum absolute atomic E-state index is 0.00146. The zero-order valence-electron chi connectivity index (χ0n) is 11.5. The van der Waals surface area contributed by atoms with Gasteiger partial charge < -0.3 is 24.6 Å². The van der Waals surface area contributed by atoms with Crippen LogP contribution in [0.4, 0.5) is 4.79 Å². The lowest BCUT2D eigenvalue weighted by atomic mass is 10.2. The van der Waals surface area contributed by atoms with Crippen LogP contribution in [-0.4, -0.2) is 37.4 Å². The highest BCUT2D eigenvalue weighted by atomic mass is 16.5. The van der Waals surface area contributed by atoms with Crippen LogP contribution in [0.2, 0.25) is 0 Å². The molecule has 0 saturated heterocycles. The summed E-state index contributed by atoms with van der Waals surface area (Å²) in [6, 6.07) is 4.07. The first-order chi connectivity index (χ1) is 9.47. The number of carbonyl (C=O) groups is 2. The van der Waals surface area contributed by atoms with E-state index in [0.717, 1.165) is 0 Å². The molecule has 7 heteroatoms. The van der Waals surface area contributed by atoms with Crippen LogP contribution in [0, 0.1) is 0 Å². The second-order valence-corrected chi connectivity index (χ2v) is 3.97. The molecule has 0 aliphatic carbocycles. The van der Waals surface area contributed by atoms with Crippen molar-refractivity contribution in [2.45, 2.75) is 19.6 Å². The summed E-state index contributed by atoms with van der Waals surface area (Å²) in [6.45, 7) is 1.35. The number of carbonyl (C=O) groups excluding carboxylic acids is 1. The van der Waals surface area contributed by atoms with Crippen LogP contribution < -0.4 is 14.8 Å². The van der Waals surface area contributed by atoms with Gasteiger partial charge in [-0.3, -0.25) is 4.79 Å². The van der Waals surface area contributed by atoms with Crippen molar-refractivity contribution in [3.8, 4) is 11.5 Å². The number of methoxy groups -OCH3 is 2. The summed E-state index contributed by atoms with van der Waals surface area (Å²) in [5.41, 5.74) is 0.695. The number of alkyl carbamates (subject to hydrolysis) is 1. The predicted octanol–water partition coefficient (Wildman–Crippen LogP) is 1.40. The van der Waals surface area contributed by atoms with Crippen molar-refractivity contribution in [3.63, 3.8) is 0 Å². The van der Waals surface area contributed by atoms with Gasteiger partial charge in [0.1, 0.15) is 12.6 Å². The lowest BCUT2D eigenvalue weighted by molar-refractivity contribution is -0.138. The smallest absolute Gasteiger partial charge is 0.408 e. The van der Waals surface area contributed by atoms with Crippen molar-refractivity contribution in [1.29, 1.82) is 0 Å². The number of amides is 1. The van der Waals surface area contributed by atoms with E-state index in [9.17, 15) is 9.59 Å². The summed E-state index contributed by atoms with van der Waals surface area (Å²) in [5.74, 6) is -0.0406. The first-order valence-electron chi connectivity index (χ1n) is 5.85. The average Bonchev–Trinajstić information content (AvgIpc) is 2.44. The maximum atomic E-state index is 11.4. The topological polar surface area (TPSA) is 94.1 Å². The van der Waals surface area contributed by atoms with Gasteiger partial charge in [0.15, 0.2) is 11.5 Å². The molecule has 0 radical (unpaired) electrons. The van der Waals surface area contributed by atoms with Gasteiger partial charge in [0.05, 0.1) is 14.2 Å². The molecule has 7 nitrogen and oxygen atoms in total. The summed E-state index contributed by atoms with van der Waals surface area (Å²) in [4.78, 5) is 21.9. The number of hydrogen-bond acceptors (Lipinski definition) is 5. The van der Waals surface area contributed by atoms with E-state index in [2.05, 4.69) is 5.32 Å². The molecule has 0 aromatic heterocycles. The highest BCUT2D eigenvalue weighted by molar-refractivity contribution is 5.79. The highest BCUT2D eigenvalue weighted by Gasteiger charge is 2.14. The summed E-state index contributed by atoms with van der Waals surface area (Å²) in [6.07, 6.45) is -0.797. The summed E-state index contributed by atoms with van der Waals surface area (Å²) >= 11 is 0. The van der Waals surface area contributed by atoms with Crippen molar-refractivity contribution < 1.29 is 28.9 Å². The Labute approximate surface area is 116 Å². The first kappa shape index (κ1) is 15.6. The second kappa shape index (κ2) is 7.22. The number of aliphatic carboxylic acids is 1. The van der Waals surface area contributed by atoms with E-state index < -0.39 is 18.1 Å². The molecule has 2 N–H and O–H groups in total. The fraction of sp³-hybridized carbons (Fsp3) is 0.385. The zero-order valence-corrected chi connectivity index (χ0v) is 11.5. The lowest BCUT2D eigenvalue weighted by Gasteiger charge is -2.12. The van der Waals surface area contributed by atoms with E-state index in [0.29, 0.717) is 17.1 Å². The van der Waals surface area contributed by atoms with Gasteiger partial charge in [-0.2, -0.15) is 0 Å². The van der Waals surface area contributed by atoms with E-state index in [1.165, 1.54) is 21.1 Å². The zero-order chi connectivity index (χ0) is 15.1. The predicted molar refractivity (Wildman–Crippen MR) is 70.0 cm³/mol. The Morgan fingerprint density at radius 2 is 1.90 bits per heavy atom. The number of carboxylic acids is 1. The van der Waals surface area contributed by atoms with Crippen molar-refractivity contribution in [1.82, 2.24) is 5.32 Å².